The Morgan fingerprint density at radius 2 is 1.69 bits per heavy atom. The lowest BCUT2D eigenvalue weighted by Gasteiger charge is -2.19. The Labute approximate surface area is 163 Å². The minimum Gasteiger partial charge on any atom is -0.452 e. The topological polar surface area (TPSA) is 55.4 Å². The third kappa shape index (κ3) is 5.75. The van der Waals surface area contributed by atoms with Gasteiger partial charge in [-0.15, -0.1) is 0 Å². The molecule has 0 heterocycles. The molecule has 0 spiro atoms. The van der Waals surface area contributed by atoms with E-state index in [4.69, 9.17) is 27.9 Å². The summed E-state index contributed by atoms with van der Waals surface area (Å²) in [5.41, 5.74) is 1.33. The van der Waals surface area contributed by atoms with E-state index in [1.165, 1.54) is 6.92 Å². The number of esters is 1. The molecular weight excluding hydrogens is 373 g/mol. The van der Waals surface area contributed by atoms with Crippen molar-refractivity contribution in [1.82, 2.24) is 0 Å². The molecule has 4 nitrogen and oxygen atoms in total. The average molecular weight is 394 g/mol. The first-order valence-corrected chi connectivity index (χ1v) is 9.18. The van der Waals surface area contributed by atoms with Gasteiger partial charge in [-0.1, -0.05) is 66.9 Å². The molecule has 0 saturated carbocycles. The fraction of sp³-hybridized carbons (Fsp3) is 0.300. The first kappa shape index (κ1) is 20.3. The summed E-state index contributed by atoms with van der Waals surface area (Å²) in [4.78, 5) is 24.9. The second-order valence-electron chi connectivity index (χ2n) is 5.98. The van der Waals surface area contributed by atoms with Crippen LogP contribution >= 0.6 is 23.2 Å². The van der Waals surface area contributed by atoms with E-state index in [0.29, 0.717) is 22.2 Å². The predicted octanol–water partition coefficient (Wildman–Crippen LogP) is 5.45. The highest BCUT2D eigenvalue weighted by molar-refractivity contribution is 6.35. The van der Waals surface area contributed by atoms with Gasteiger partial charge in [0, 0.05) is 15.7 Å². The highest BCUT2D eigenvalue weighted by atomic mass is 35.5. The molecule has 0 aliphatic rings. The minimum absolute atomic E-state index is 0.392. The Kier molecular flexibility index (Phi) is 7.49. The number of amides is 1. The third-order valence-corrected chi connectivity index (χ3v) is 4.29. The van der Waals surface area contributed by atoms with Gasteiger partial charge >= 0.3 is 5.97 Å². The van der Waals surface area contributed by atoms with E-state index in [9.17, 15) is 9.59 Å². The largest absolute Gasteiger partial charge is 0.452 e. The first-order valence-electron chi connectivity index (χ1n) is 8.43. The standard InChI is InChI=1S/C20H21Cl2NO3/c1-3-7-18(14-8-5-4-6-9-14)20(25)26-13(2)19(24)23-17-11-15(21)10-16(22)12-17/h4-6,8-13,18H,3,7H2,1-2H3,(H,23,24)/t13-,18+/m0/s1. The van der Waals surface area contributed by atoms with Crippen molar-refractivity contribution in [3.8, 4) is 0 Å². The molecule has 0 bridgehead atoms. The molecule has 0 aliphatic carbocycles. The maximum absolute atomic E-state index is 12.6. The van der Waals surface area contributed by atoms with Gasteiger partial charge in [-0.05, 0) is 37.1 Å². The molecule has 0 saturated heterocycles. The van der Waals surface area contributed by atoms with Crippen LogP contribution in [0.25, 0.3) is 0 Å². The number of rotatable bonds is 7. The van der Waals surface area contributed by atoms with Crippen molar-refractivity contribution in [2.45, 2.75) is 38.7 Å². The second-order valence-corrected chi connectivity index (χ2v) is 6.85. The van der Waals surface area contributed by atoms with E-state index < -0.39 is 23.9 Å². The van der Waals surface area contributed by atoms with Gasteiger partial charge in [0.05, 0.1) is 5.92 Å². The van der Waals surface area contributed by atoms with Gasteiger partial charge in [0.1, 0.15) is 0 Å². The van der Waals surface area contributed by atoms with Crippen molar-refractivity contribution in [3.05, 3.63) is 64.1 Å². The summed E-state index contributed by atoms with van der Waals surface area (Å²) in [7, 11) is 0. The number of ether oxygens (including phenoxy) is 1. The Morgan fingerprint density at radius 1 is 1.08 bits per heavy atom. The maximum Gasteiger partial charge on any atom is 0.314 e. The van der Waals surface area contributed by atoms with Crippen molar-refractivity contribution in [1.29, 1.82) is 0 Å². The minimum atomic E-state index is -0.941. The number of hydrogen-bond acceptors (Lipinski definition) is 3. The lowest BCUT2D eigenvalue weighted by molar-refractivity contribution is -0.154. The molecule has 2 atom stereocenters. The Hall–Kier alpha value is -2.04. The van der Waals surface area contributed by atoms with Crippen LogP contribution in [0, 0.1) is 0 Å². The summed E-state index contributed by atoms with van der Waals surface area (Å²) in [6.07, 6.45) is 0.542. The summed E-state index contributed by atoms with van der Waals surface area (Å²) in [5, 5.41) is 3.47. The van der Waals surface area contributed by atoms with Crippen molar-refractivity contribution in [2.75, 3.05) is 5.32 Å². The van der Waals surface area contributed by atoms with Crippen LogP contribution in [0.2, 0.25) is 10.0 Å². The molecule has 0 aromatic heterocycles. The number of carbonyl (C=O) groups excluding carboxylic acids is 2. The van der Waals surface area contributed by atoms with Gasteiger partial charge in [0.15, 0.2) is 6.10 Å². The number of benzene rings is 2. The fourth-order valence-electron chi connectivity index (χ4n) is 2.57. The molecule has 2 aromatic rings. The normalized spacial score (nSPS) is 12.9. The van der Waals surface area contributed by atoms with Crippen LogP contribution in [0.15, 0.2) is 48.5 Å². The van der Waals surface area contributed by atoms with Gasteiger partial charge in [-0.2, -0.15) is 0 Å². The summed E-state index contributed by atoms with van der Waals surface area (Å²) in [6, 6.07) is 14.1. The third-order valence-electron chi connectivity index (χ3n) is 3.86. The number of halogens is 2. The molecule has 2 rings (SSSR count). The molecule has 2 aromatic carbocycles. The average Bonchev–Trinajstić information content (AvgIpc) is 2.59. The Balaban J connectivity index is 2.03. The molecular formula is C20H21Cl2NO3. The maximum atomic E-state index is 12.6. The lowest BCUT2D eigenvalue weighted by Crippen LogP contribution is -2.31. The molecule has 0 radical (unpaired) electrons. The molecule has 6 heteroatoms. The van der Waals surface area contributed by atoms with Gasteiger partial charge in [0.25, 0.3) is 5.91 Å². The highest BCUT2D eigenvalue weighted by Crippen LogP contribution is 2.25. The molecule has 0 aliphatic heterocycles. The van der Waals surface area contributed by atoms with Crippen LogP contribution in [-0.4, -0.2) is 18.0 Å². The van der Waals surface area contributed by atoms with Crippen LogP contribution in [0.1, 0.15) is 38.2 Å². The van der Waals surface area contributed by atoms with Crippen LogP contribution in [0.5, 0.6) is 0 Å². The molecule has 0 unspecified atom stereocenters. The second kappa shape index (κ2) is 9.60. The predicted molar refractivity (Wildman–Crippen MR) is 105 cm³/mol. The zero-order chi connectivity index (χ0) is 19.1. The van der Waals surface area contributed by atoms with Crippen LogP contribution < -0.4 is 5.32 Å². The smallest absolute Gasteiger partial charge is 0.314 e. The molecule has 26 heavy (non-hydrogen) atoms. The Morgan fingerprint density at radius 3 is 2.27 bits per heavy atom. The summed E-state index contributed by atoms with van der Waals surface area (Å²) < 4.78 is 5.40. The van der Waals surface area contributed by atoms with Crippen molar-refractivity contribution >= 4 is 40.8 Å². The highest BCUT2D eigenvalue weighted by Gasteiger charge is 2.25. The van der Waals surface area contributed by atoms with Crippen LogP contribution in [0.4, 0.5) is 5.69 Å². The molecule has 1 N–H and O–H groups in total. The van der Waals surface area contributed by atoms with Gasteiger partial charge < -0.3 is 10.1 Å². The van der Waals surface area contributed by atoms with Gasteiger partial charge in [-0.25, -0.2) is 0 Å². The Bertz CT molecular complexity index is 745. The van der Waals surface area contributed by atoms with Gasteiger partial charge in [-0.3, -0.25) is 9.59 Å². The summed E-state index contributed by atoms with van der Waals surface area (Å²) in [6.45, 7) is 3.54. The van der Waals surface area contributed by atoms with Gasteiger partial charge in [0.2, 0.25) is 0 Å². The van der Waals surface area contributed by atoms with Crippen molar-refractivity contribution in [2.24, 2.45) is 0 Å². The van der Waals surface area contributed by atoms with Crippen LogP contribution in [0.3, 0.4) is 0 Å². The summed E-state index contributed by atoms with van der Waals surface area (Å²) in [5.74, 6) is -1.25. The van der Waals surface area contributed by atoms with Crippen LogP contribution in [-0.2, 0) is 14.3 Å². The first-order chi connectivity index (χ1) is 12.4. The number of carbonyl (C=O) groups is 2. The van der Waals surface area contributed by atoms with E-state index in [0.717, 1.165) is 12.0 Å². The number of nitrogens with one attached hydrogen (secondary N) is 1. The SMILES string of the molecule is CCC[C@@H](C(=O)O[C@@H](C)C(=O)Nc1cc(Cl)cc(Cl)c1)c1ccccc1. The van der Waals surface area contributed by atoms with E-state index in [-0.39, 0.29) is 0 Å². The zero-order valence-corrected chi connectivity index (χ0v) is 16.2. The summed E-state index contributed by atoms with van der Waals surface area (Å²) >= 11 is 11.8. The quantitative estimate of drug-likeness (QED) is 0.636. The monoisotopic (exact) mass is 393 g/mol. The zero-order valence-electron chi connectivity index (χ0n) is 14.7. The van der Waals surface area contributed by atoms with Crippen molar-refractivity contribution < 1.29 is 14.3 Å². The molecule has 0 fully saturated rings. The van der Waals surface area contributed by atoms with E-state index in [1.54, 1.807) is 18.2 Å². The lowest BCUT2D eigenvalue weighted by atomic mass is 9.94. The fourth-order valence-corrected chi connectivity index (χ4v) is 3.10. The van der Waals surface area contributed by atoms with E-state index in [2.05, 4.69) is 5.32 Å². The number of anilines is 1. The molecule has 138 valence electrons. The molecule has 1 amide bonds. The van der Waals surface area contributed by atoms with E-state index >= 15 is 0 Å². The number of hydrogen-bond donors (Lipinski definition) is 1. The van der Waals surface area contributed by atoms with Crippen molar-refractivity contribution in [3.63, 3.8) is 0 Å². The van der Waals surface area contributed by atoms with E-state index in [1.807, 2.05) is 37.3 Å².